The zero-order chi connectivity index (χ0) is 10.3. The molecule has 0 aromatic heterocycles. The summed E-state index contributed by atoms with van der Waals surface area (Å²) in [5, 5.41) is 2.30. The molecular weight excluding hydrogens is 273 g/mol. The number of hydrogen-bond donors (Lipinski definition) is 0. The molecule has 1 aliphatic heterocycles. The quantitative estimate of drug-likeness (QED) is 0.640. The van der Waals surface area contributed by atoms with Gasteiger partial charge < -0.3 is 0 Å². The molecule has 1 aliphatic rings. The van der Waals surface area contributed by atoms with E-state index in [2.05, 4.69) is 12.0 Å². The summed E-state index contributed by atoms with van der Waals surface area (Å²) in [5.74, 6) is 0. The van der Waals surface area contributed by atoms with Crippen molar-refractivity contribution in [3.05, 3.63) is 34.6 Å². The van der Waals surface area contributed by atoms with Gasteiger partial charge in [0.2, 0.25) is 0 Å². The van der Waals surface area contributed by atoms with Crippen LogP contribution in [0.4, 0.5) is 0 Å². The van der Waals surface area contributed by atoms with Gasteiger partial charge in [-0.1, -0.05) is 26.8 Å². The summed E-state index contributed by atoms with van der Waals surface area (Å²) < 4.78 is 22.8. The number of allylic oxidation sites excluding steroid dienone is 3. The second-order valence-electron chi connectivity index (χ2n) is 4.17. The van der Waals surface area contributed by atoms with Gasteiger partial charge in [-0.25, -0.2) is 14.5 Å². The van der Waals surface area contributed by atoms with Gasteiger partial charge in [-0.3, -0.25) is 0 Å². The molecule has 0 bridgehead atoms. The average molecular weight is 286 g/mol. The van der Waals surface area contributed by atoms with Crippen molar-refractivity contribution >= 4 is 9.84 Å². The largest absolute Gasteiger partial charge is 0.240 e. The molecule has 0 unspecified atom stereocenters. The molecule has 0 aliphatic carbocycles. The number of sulfone groups is 1. The maximum atomic E-state index is 11.4. The second-order valence-corrected chi connectivity index (χ2v) is 5.85. The van der Waals surface area contributed by atoms with Crippen LogP contribution in [0.5, 0.6) is 0 Å². The molecule has 0 fully saturated rings. The van der Waals surface area contributed by atoms with E-state index in [0.29, 0.717) is 10.5 Å². The molecule has 0 spiro atoms. The van der Waals surface area contributed by atoms with Gasteiger partial charge in [0.25, 0.3) is 0 Å². The summed E-state index contributed by atoms with van der Waals surface area (Å²) in [6.45, 7) is 9.49. The van der Waals surface area contributed by atoms with Gasteiger partial charge in [-0.2, -0.15) is 12.2 Å². The molecule has 0 saturated carbocycles. The van der Waals surface area contributed by atoms with E-state index in [1.807, 2.05) is 20.8 Å². The molecular formula is C10H13O2SY-. The third kappa shape index (κ3) is 3.45. The standard InChI is InChI=1S/C10H13O2S.Y/c1-8-5-6-13(11,12)9(8)7-10(2,3)4;/h5,7H,1H2,2-4H3;/q-1;/b9-7-;. The Bertz CT molecular complexity index is 394. The van der Waals surface area contributed by atoms with E-state index in [1.165, 1.54) is 6.08 Å². The summed E-state index contributed by atoms with van der Waals surface area (Å²) in [7, 11) is -3.31. The summed E-state index contributed by atoms with van der Waals surface area (Å²) in [6.07, 6.45) is 3.12. The zero-order valence-electron chi connectivity index (χ0n) is 8.66. The predicted molar refractivity (Wildman–Crippen MR) is 53.4 cm³/mol. The second kappa shape index (κ2) is 4.42. The van der Waals surface area contributed by atoms with E-state index >= 15 is 0 Å². The molecule has 1 rings (SSSR count). The van der Waals surface area contributed by atoms with Crippen LogP contribution in [0, 0.1) is 10.8 Å². The van der Waals surface area contributed by atoms with Crippen LogP contribution in [-0.4, -0.2) is 8.42 Å². The van der Waals surface area contributed by atoms with Gasteiger partial charge in [0, 0.05) is 32.7 Å². The minimum Gasteiger partial charge on any atom is -0.240 e. The Balaban J connectivity index is 0.00000169. The first-order valence-electron chi connectivity index (χ1n) is 4.00. The van der Waals surface area contributed by atoms with E-state index in [-0.39, 0.29) is 38.1 Å². The molecule has 0 N–H and O–H groups in total. The normalized spacial score (nSPS) is 22.5. The summed E-state index contributed by atoms with van der Waals surface area (Å²) >= 11 is 0. The number of rotatable bonds is 0. The van der Waals surface area contributed by atoms with Gasteiger partial charge in [0.15, 0.2) is 0 Å². The van der Waals surface area contributed by atoms with Gasteiger partial charge in [0.05, 0.1) is 0 Å². The molecule has 0 aromatic carbocycles. The topological polar surface area (TPSA) is 34.1 Å². The van der Waals surface area contributed by atoms with Gasteiger partial charge in [0.1, 0.15) is 9.84 Å². The van der Waals surface area contributed by atoms with Crippen LogP contribution in [0.3, 0.4) is 0 Å². The SMILES string of the molecule is C=C1C=[C-]S(=O)(=O)/C1=C\C(C)(C)C.[Y]. The monoisotopic (exact) mass is 286 g/mol. The molecule has 75 valence electrons. The van der Waals surface area contributed by atoms with Crippen LogP contribution >= 0.6 is 0 Å². The Morgan fingerprint density at radius 3 is 2.21 bits per heavy atom. The minimum atomic E-state index is -3.31. The summed E-state index contributed by atoms with van der Waals surface area (Å²) in [5.41, 5.74) is 0.362. The van der Waals surface area contributed by atoms with Crippen molar-refractivity contribution in [3.8, 4) is 0 Å². The molecule has 2 nitrogen and oxygen atoms in total. The van der Waals surface area contributed by atoms with E-state index in [0.717, 1.165) is 0 Å². The zero-order valence-corrected chi connectivity index (χ0v) is 12.3. The molecule has 1 heterocycles. The molecule has 14 heavy (non-hydrogen) atoms. The van der Waals surface area contributed by atoms with Gasteiger partial charge >= 0.3 is 0 Å². The first-order chi connectivity index (χ1) is 5.72. The smallest absolute Gasteiger partial charge is 0.108 e. The van der Waals surface area contributed by atoms with Crippen LogP contribution in [0.25, 0.3) is 0 Å². The fourth-order valence-corrected chi connectivity index (χ4v) is 2.36. The Kier molecular flexibility index (Phi) is 4.50. The third-order valence-corrected chi connectivity index (χ3v) is 2.95. The minimum absolute atomic E-state index is 0. The van der Waals surface area contributed by atoms with Crippen molar-refractivity contribution < 1.29 is 41.1 Å². The van der Waals surface area contributed by atoms with E-state index in [1.54, 1.807) is 6.08 Å². The van der Waals surface area contributed by atoms with E-state index in [4.69, 9.17) is 0 Å². The number of hydrogen-bond acceptors (Lipinski definition) is 2. The van der Waals surface area contributed by atoms with Crippen molar-refractivity contribution in [1.82, 2.24) is 0 Å². The maximum absolute atomic E-state index is 11.4. The first-order valence-corrected chi connectivity index (χ1v) is 5.48. The van der Waals surface area contributed by atoms with Crippen molar-refractivity contribution in [3.63, 3.8) is 0 Å². The van der Waals surface area contributed by atoms with Crippen molar-refractivity contribution in [2.45, 2.75) is 20.8 Å². The summed E-state index contributed by atoms with van der Waals surface area (Å²) in [4.78, 5) is 0.292. The Morgan fingerprint density at radius 2 is 1.93 bits per heavy atom. The van der Waals surface area contributed by atoms with Gasteiger partial charge in [-0.05, 0) is 10.3 Å². The van der Waals surface area contributed by atoms with Crippen LogP contribution in [0.15, 0.2) is 29.2 Å². The Hall–Kier alpha value is 0.274. The van der Waals surface area contributed by atoms with Gasteiger partial charge in [-0.15, -0.1) is 5.41 Å². The van der Waals surface area contributed by atoms with Crippen LogP contribution in [0.1, 0.15) is 20.8 Å². The first kappa shape index (κ1) is 14.3. The van der Waals surface area contributed by atoms with Crippen molar-refractivity contribution in [1.29, 1.82) is 0 Å². The third-order valence-electron chi connectivity index (χ3n) is 1.56. The molecule has 0 amide bonds. The molecule has 0 saturated heterocycles. The molecule has 1 radical (unpaired) electrons. The predicted octanol–water partition coefficient (Wildman–Crippen LogP) is 2.22. The Labute approximate surface area is 111 Å². The van der Waals surface area contributed by atoms with Crippen molar-refractivity contribution in [2.75, 3.05) is 0 Å². The van der Waals surface area contributed by atoms with E-state index in [9.17, 15) is 8.42 Å². The fourth-order valence-electron chi connectivity index (χ4n) is 1.02. The van der Waals surface area contributed by atoms with Crippen LogP contribution in [-0.2, 0) is 42.5 Å². The van der Waals surface area contributed by atoms with Crippen LogP contribution in [0.2, 0.25) is 0 Å². The van der Waals surface area contributed by atoms with Crippen LogP contribution < -0.4 is 0 Å². The molecule has 4 heteroatoms. The average Bonchev–Trinajstić information content (AvgIpc) is 2.13. The fraction of sp³-hybridized carbons (Fsp3) is 0.400. The maximum Gasteiger partial charge on any atom is 0.108 e. The molecule has 0 aromatic rings. The van der Waals surface area contributed by atoms with Crippen molar-refractivity contribution in [2.24, 2.45) is 5.41 Å². The Morgan fingerprint density at radius 1 is 1.43 bits per heavy atom. The van der Waals surface area contributed by atoms with E-state index < -0.39 is 9.84 Å². The molecule has 0 atom stereocenters. The summed E-state index contributed by atoms with van der Waals surface area (Å²) in [6, 6.07) is 0.